The first-order valence-electron chi connectivity index (χ1n) is 20.1. The maximum absolute atomic E-state index is 7.17. The molecule has 0 radical (unpaired) electrons. The Labute approximate surface area is 345 Å². The maximum Gasteiger partial charge on any atom is 0.178 e. The van der Waals surface area contributed by atoms with E-state index in [2.05, 4.69) is 199 Å². The summed E-state index contributed by atoms with van der Waals surface area (Å²) in [4.78, 5) is 2.34. The third kappa shape index (κ3) is 4.47. The van der Waals surface area contributed by atoms with Crippen molar-refractivity contribution in [2.45, 2.75) is 5.41 Å². The van der Waals surface area contributed by atoms with E-state index in [1.807, 2.05) is 17.4 Å². The van der Waals surface area contributed by atoms with Crippen molar-refractivity contribution in [1.82, 2.24) is 0 Å². The Balaban J connectivity index is 0.983. The first-order valence-corrected chi connectivity index (χ1v) is 20.9. The normalized spacial score (nSPS) is 13.5. The predicted molar refractivity (Wildman–Crippen MR) is 242 cm³/mol. The van der Waals surface area contributed by atoms with E-state index in [4.69, 9.17) is 9.47 Å². The molecule has 0 atom stereocenters. The van der Waals surface area contributed by atoms with Gasteiger partial charge in [0.15, 0.2) is 23.0 Å². The molecule has 276 valence electrons. The van der Waals surface area contributed by atoms with E-state index in [1.165, 1.54) is 64.7 Å². The number of ether oxygens (including phenoxy) is 2. The van der Waals surface area contributed by atoms with E-state index in [-0.39, 0.29) is 0 Å². The van der Waals surface area contributed by atoms with Crippen LogP contribution in [0.2, 0.25) is 0 Å². The molecule has 59 heavy (non-hydrogen) atoms. The summed E-state index contributed by atoms with van der Waals surface area (Å²) in [5.74, 6) is 2.84. The molecular weight excluding hydrogens is 739 g/mol. The van der Waals surface area contributed by atoms with Crippen molar-refractivity contribution in [1.29, 1.82) is 0 Å². The minimum absolute atomic E-state index is 0.468. The number of para-hydroxylation sites is 2. The Morgan fingerprint density at radius 2 is 1.00 bits per heavy atom. The summed E-state index contributed by atoms with van der Waals surface area (Å²) in [5, 5.41) is 2.57. The average Bonchev–Trinajstić information content (AvgIpc) is 3.93. The fraction of sp³-hybridized carbons (Fsp3) is 0.0182. The van der Waals surface area contributed by atoms with Crippen LogP contribution in [0, 0.1) is 0 Å². The summed E-state index contributed by atoms with van der Waals surface area (Å²) in [7, 11) is 0. The van der Waals surface area contributed by atoms with Crippen LogP contribution >= 0.6 is 11.3 Å². The van der Waals surface area contributed by atoms with Crippen molar-refractivity contribution in [2.75, 3.05) is 4.90 Å². The highest BCUT2D eigenvalue weighted by molar-refractivity contribution is 7.26. The molecule has 0 fully saturated rings. The molecule has 9 aromatic carbocycles. The molecule has 2 aliphatic carbocycles. The molecule has 0 saturated carbocycles. The minimum atomic E-state index is -0.468. The van der Waals surface area contributed by atoms with Crippen molar-refractivity contribution in [3.63, 3.8) is 0 Å². The second-order valence-corrected chi connectivity index (χ2v) is 16.6. The summed E-state index contributed by atoms with van der Waals surface area (Å²) in [5.41, 5.74) is 14.9. The molecule has 3 aliphatic rings. The molecule has 0 bridgehead atoms. The number of thiophene rings is 1. The van der Waals surface area contributed by atoms with Gasteiger partial charge in [0.05, 0.1) is 16.8 Å². The highest BCUT2D eigenvalue weighted by atomic mass is 32.1. The number of hydrogen-bond donors (Lipinski definition) is 0. The molecule has 1 aromatic heterocycles. The average molecular weight is 772 g/mol. The molecule has 13 rings (SSSR count). The van der Waals surface area contributed by atoms with Gasteiger partial charge in [-0.3, -0.25) is 0 Å². The lowest BCUT2D eigenvalue weighted by Crippen LogP contribution is -2.25. The first-order chi connectivity index (χ1) is 29.3. The van der Waals surface area contributed by atoms with Crippen LogP contribution in [0.5, 0.6) is 23.0 Å². The number of rotatable bonds is 4. The summed E-state index contributed by atoms with van der Waals surface area (Å²) in [6.45, 7) is 0. The molecule has 4 heteroatoms. The molecule has 3 nitrogen and oxygen atoms in total. The van der Waals surface area contributed by atoms with Crippen LogP contribution < -0.4 is 14.4 Å². The molecule has 1 aliphatic heterocycles. The van der Waals surface area contributed by atoms with E-state index >= 15 is 0 Å². The molecule has 1 spiro atoms. The van der Waals surface area contributed by atoms with Crippen molar-refractivity contribution >= 4 is 48.6 Å². The van der Waals surface area contributed by atoms with Gasteiger partial charge < -0.3 is 14.4 Å². The fourth-order valence-corrected chi connectivity index (χ4v) is 11.4. The van der Waals surface area contributed by atoms with Gasteiger partial charge in [0.25, 0.3) is 0 Å². The van der Waals surface area contributed by atoms with Gasteiger partial charge in [0.2, 0.25) is 0 Å². The summed E-state index contributed by atoms with van der Waals surface area (Å²) >= 11 is 1.86. The fourth-order valence-electron chi connectivity index (χ4n) is 10.2. The quantitative estimate of drug-likeness (QED) is 0.178. The summed E-state index contributed by atoms with van der Waals surface area (Å²) < 4.78 is 16.5. The number of fused-ring (bicyclic) bond motifs is 16. The monoisotopic (exact) mass is 771 g/mol. The van der Waals surface area contributed by atoms with Gasteiger partial charge in [-0.2, -0.15) is 0 Å². The minimum Gasteiger partial charge on any atom is -0.449 e. The molecular formula is C55H33NO2S. The van der Waals surface area contributed by atoms with Crippen LogP contribution in [0.3, 0.4) is 0 Å². The van der Waals surface area contributed by atoms with E-state index < -0.39 is 5.41 Å². The van der Waals surface area contributed by atoms with Gasteiger partial charge in [-0.05, 0) is 81.4 Å². The van der Waals surface area contributed by atoms with Gasteiger partial charge in [0.1, 0.15) is 0 Å². The second kappa shape index (κ2) is 12.3. The zero-order valence-corrected chi connectivity index (χ0v) is 32.5. The predicted octanol–water partition coefficient (Wildman–Crippen LogP) is 15.4. The molecule has 0 unspecified atom stereocenters. The lowest BCUT2D eigenvalue weighted by Gasteiger charge is -2.31. The van der Waals surface area contributed by atoms with Crippen LogP contribution in [0.1, 0.15) is 22.3 Å². The largest absolute Gasteiger partial charge is 0.449 e. The third-order valence-corrected chi connectivity index (χ3v) is 13.8. The van der Waals surface area contributed by atoms with Crippen LogP contribution in [-0.2, 0) is 5.41 Å². The van der Waals surface area contributed by atoms with Crippen molar-refractivity contribution < 1.29 is 9.47 Å². The lowest BCUT2D eigenvalue weighted by atomic mass is 9.70. The molecule has 0 amide bonds. The molecule has 10 aromatic rings. The standard InChI is InChI=1S/C55H33NO2S/c1-2-15-34(16-3-1)56(47-27-12-7-19-38(47)40-22-14-23-41-39-20-8-13-28-51(39)59-54(40)41)35-29-31-48-50(33-35)58-53-49(57-48)32-30-46-52(53)42-21-6-11-26-45(42)55(46)43-24-9-4-17-36(43)37-18-5-10-25-44(37)55/h1-33H. The van der Waals surface area contributed by atoms with Gasteiger partial charge >= 0.3 is 0 Å². The van der Waals surface area contributed by atoms with E-state index in [1.54, 1.807) is 0 Å². The Bertz CT molecular complexity index is 3320. The Morgan fingerprint density at radius 3 is 1.80 bits per heavy atom. The maximum atomic E-state index is 7.17. The van der Waals surface area contributed by atoms with Crippen molar-refractivity contribution in [3.8, 4) is 56.4 Å². The molecule has 2 heterocycles. The zero-order valence-electron chi connectivity index (χ0n) is 31.7. The van der Waals surface area contributed by atoms with Crippen molar-refractivity contribution in [3.05, 3.63) is 222 Å². The van der Waals surface area contributed by atoms with Crippen LogP contribution in [0.4, 0.5) is 17.1 Å². The smallest absolute Gasteiger partial charge is 0.178 e. The van der Waals surface area contributed by atoms with Gasteiger partial charge in [0, 0.05) is 48.6 Å². The number of anilines is 3. The van der Waals surface area contributed by atoms with Crippen LogP contribution in [0.25, 0.3) is 53.6 Å². The van der Waals surface area contributed by atoms with Crippen LogP contribution in [0.15, 0.2) is 200 Å². The number of hydrogen-bond acceptors (Lipinski definition) is 4. The Kier molecular flexibility index (Phi) is 6.81. The third-order valence-electron chi connectivity index (χ3n) is 12.5. The van der Waals surface area contributed by atoms with E-state index in [9.17, 15) is 0 Å². The SMILES string of the molecule is c1ccc(N(c2ccc3c(c2)Oc2c(ccc4c2-c2ccccc2C42c4ccccc4-c4ccccc42)O3)c2ccccc2-c2cccc3c2sc2ccccc23)cc1. The topological polar surface area (TPSA) is 21.7 Å². The highest BCUT2D eigenvalue weighted by Gasteiger charge is 2.53. The second-order valence-electron chi connectivity index (χ2n) is 15.5. The molecule has 0 saturated heterocycles. The van der Waals surface area contributed by atoms with Gasteiger partial charge in [-0.1, -0.05) is 152 Å². The lowest BCUT2D eigenvalue weighted by molar-refractivity contribution is 0.360. The first kappa shape index (κ1) is 32.7. The zero-order chi connectivity index (χ0) is 38.7. The van der Waals surface area contributed by atoms with Gasteiger partial charge in [-0.15, -0.1) is 11.3 Å². The van der Waals surface area contributed by atoms with Gasteiger partial charge in [-0.25, -0.2) is 0 Å². The van der Waals surface area contributed by atoms with Crippen molar-refractivity contribution in [2.24, 2.45) is 0 Å². The Morgan fingerprint density at radius 1 is 0.390 bits per heavy atom. The number of benzene rings is 9. The van der Waals surface area contributed by atoms with E-state index in [0.29, 0.717) is 11.5 Å². The van der Waals surface area contributed by atoms with Crippen LogP contribution in [-0.4, -0.2) is 0 Å². The van der Waals surface area contributed by atoms with E-state index in [0.717, 1.165) is 39.7 Å². The number of nitrogens with zero attached hydrogens (tertiary/aromatic N) is 1. The summed E-state index contributed by atoms with van der Waals surface area (Å²) in [6, 6.07) is 72.0. The molecule has 0 N–H and O–H groups in total. The Hall–Kier alpha value is -7.40. The summed E-state index contributed by atoms with van der Waals surface area (Å²) in [6.07, 6.45) is 0. The highest BCUT2D eigenvalue weighted by Crippen LogP contribution is 2.66.